The van der Waals surface area contributed by atoms with Crippen LogP contribution in [-0.4, -0.2) is 40.7 Å². The molecule has 1 amide bonds. The Bertz CT molecular complexity index is 470. The number of nitrogens with zero attached hydrogens (tertiary/aromatic N) is 1. The highest BCUT2D eigenvalue weighted by Crippen LogP contribution is 2.22. The molecule has 1 rings (SSSR count). The molecule has 0 atom stereocenters. The highest BCUT2D eigenvalue weighted by Gasteiger charge is 2.12. The zero-order valence-corrected chi connectivity index (χ0v) is 12.3. The molecule has 1 N–H and O–H groups in total. The molecule has 0 aromatic heterocycles. The van der Waals surface area contributed by atoms with Gasteiger partial charge in [-0.25, -0.2) is 4.79 Å². The van der Waals surface area contributed by atoms with Gasteiger partial charge in [0.15, 0.2) is 0 Å². The van der Waals surface area contributed by atoms with E-state index >= 15 is 0 Å². The van der Waals surface area contributed by atoms with Gasteiger partial charge in [-0.05, 0) is 38.5 Å². The molecule has 104 valence electrons. The molecule has 0 fully saturated rings. The average molecular weight is 281 g/mol. The van der Waals surface area contributed by atoms with Gasteiger partial charge in [-0.15, -0.1) is 11.8 Å². The number of carboxylic acids is 1. The molecule has 0 aliphatic rings. The fraction of sp³-hybridized carbons (Fsp3) is 0.429. The number of aryl methyl sites for hydroxylation is 1. The number of carbonyl (C=O) groups excluding carboxylic acids is 1. The summed E-state index contributed by atoms with van der Waals surface area (Å²) in [7, 11) is 0. The fourth-order valence-electron chi connectivity index (χ4n) is 1.73. The third-order valence-electron chi connectivity index (χ3n) is 2.92. The van der Waals surface area contributed by atoms with Crippen LogP contribution in [-0.2, 0) is 4.79 Å². The van der Waals surface area contributed by atoms with Crippen LogP contribution in [0.4, 0.5) is 0 Å². The molecule has 19 heavy (non-hydrogen) atoms. The molecule has 0 spiro atoms. The van der Waals surface area contributed by atoms with E-state index in [-0.39, 0.29) is 5.91 Å². The van der Waals surface area contributed by atoms with Crippen molar-refractivity contribution < 1.29 is 14.7 Å². The summed E-state index contributed by atoms with van der Waals surface area (Å²) in [4.78, 5) is 25.5. The molecule has 1 aromatic rings. The van der Waals surface area contributed by atoms with Crippen molar-refractivity contribution in [1.82, 2.24) is 4.90 Å². The summed E-state index contributed by atoms with van der Waals surface area (Å²) < 4.78 is 0. The molecule has 0 heterocycles. The molecule has 0 radical (unpaired) electrons. The van der Waals surface area contributed by atoms with Crippen molar-refractivity contribution in [3.63, 3.8) is 0 Å². The Balaban J connectivity index is 2.71. The minimum absolute atomic E-state index is 0.0763. The second kappa shape index (κ2) is 7.19. The maximum absolute atomic E-state index is 11.9. The summed E-state index contributed by atoms with van der Waals surface area (Å²) >= 11 is 1.37. The normalized spacial score (nSPS) is 10.3. The number of amides is 1. The van der Waals surface area contributed by atoms with Gasteiger partial charge in [0.2, 0.25) is 5.91 Å². The molecular weight excluding hydrogens is 262 g/mol. The molecule has 0 saturated carbocycles. The van der Waals surface area contributed by atoms with Gasteiger partial charge in [-0.3, -0.25) is 4.79 Å². The van der Waals surface area contributed by atoms with Crippen molar-refractivity contribution in [2.24, 2.45) is 0 Å². The first-order valence-corrected chi connectivity index (χ1v) is 7.22. The maximum Gasteiger partial charge on any atom is 0.335 e. The summed E-state index contributed by atoms with van der Waals surface area (Å²) in [6.07, 6.45) is 0. The van der Waals surface area contributed by atoms with Gasteiger partial charge in [0.1, 0.15) is 0 Å². The number of aromatic carboxylic acids is 1. The SMILES string of the molecule is CCN(CC)C(=O)CSc1ccc(C)c(C(=O)O)c1. The zero-order chi connectivity index (χ0) is 14.4. The van der Waals surface area contributed by atoms with Gasteiger partial charge in [0, 0.05) is 18.0 Å². The van der Waals surface area contributed by atoms with E-state index in [1.54, 1.807) is 24.0 Å². The second-order valence-corrected chi connectivity index (χ2v) is 5.19. The van der Waals surface area contributed by atoms with E-state index in [2.05, 4.69) is 0 Å². The summed E-state index contributed by atoms with van der Waals surface area (Å²) in [5, 5.41) is 9.05. The molecular formula is C14H19NO3S. The summed E-state index contributed by atoms with van der Waals surface area (Å²) in [5.74, 6) is -0.522. The quantitative estimate of drug-likeness (QED) is 0.814. The lowest BCUT2D eigenvalue weighted by atomic mass is 10.1. The minimum atomic E-state index is -0.935. The Labute approximate surface area is 117 Å². The van der Waals surface area contributed by atoms with Crippen LogP contribution in [0.3, 0.4) is 0 Å². The molecule has 0 aliphatic carbocycles. The highest BCUT2D eigenvalue weighted by molar-refractivity contribution is 8.00. The maximum atomic E-state index is 11.9. The van der Waals surface area contributed by atoms with Crippen LogP contribution in [0.25, 0.3) is 0 Å². The van der Waals surface area contributed by atoms with Gasteiger partial charge < -0.3 is 10.0 Å². The molecule has 0 aliphatic heterocycles. The number of hydrogen-bond donors (Lipinski definition) is 1. The number of rotatable bonds is 6. The van der Waals surface area contributed by atoms with Crippen molar-refractivity contribution in [3.8, 4) is 0 Å². The predicted octanol–water partition coefficient (Wildman–Crippen LogP) is 2.65. The van der Waals surface area contributed by atoms with Crippen molar-refractivity contribution in [2.75, 3.05) is 18.8 Å². The molecule has 4 nitrogen and oxygen atoms in total. The van der Waals surface area contributed by atoms with Crippen LogP contribution in [0.5, 0.6) is 0 Å². The monoisotopic (exact) mass is 281 g/mol. The van der Waals surface area contributed by atoms with E-state index in [0.717, 1.165) is 10.5 Å². The molecule has 0 unspecified atom stereocenters. The average Bonchev–Trinajstić information content (AvgIpc) is 2.38. The molecule has 5 heteroatoms. The molecule has 0 saturated heterocycles. The van der Waals surface area contributed by atoms with Crippen molar-refractivity contribution in [1.29, 1.82) is 0 Å². The number of benzene rings is 1. The zero-order valence-electron chi connectivity index (χ0n) is 11.5. The summed E-state index contributed by atoms with van der Waals surface area (Å²) in [6, 6.07) is 5.24. The Morgan fingerprint density at radius 1 is 1.26 bits per heavy atom. The van der Waals surface area contributed by atoms with Crippen LogP contribution in [0.2, 0.25) is 0 Å². The molecule has 1 aromatic carbocycles. The Hall–Kier alpha value is -1.49. The first-order chi connectivity index (χ1) is 8.99. The smallest absolute Gasteiger partial charge is 0.335 e. The van der Waals surface area contributed by atoms with Gasteiger partial charge in [-0.1, -0.05) is 6.07 Å². The standard InChI is InChI=1S/C14H19NO3S/c1-4-15(5-2)13(16)9-19-11-7-6-10(3)12(8-11)14(17)18/h6-8H,4-5,9H2,1-3H3,(H,17,18). The first kappa shape index (κ1) is 15.6. The van der Waals surface area contributed by atoms with E-state index in [0.29, 0.717) is 24.4 Å². The van der Waals surface area contributed by atoms with E-state index in [4.69, 9.17) is 5.11 Å². The summed E-state index contributed by atoms with van der Waals surface area (Å²) in [5.41, 5.74) is 1.02. The van der Waals surface area contributed by atoms with E-state index in [9.17, 15) is 9.59 Å². The first-order valence-electron chi connectivity index (χ1n) is 6.24. The van der Waals surface area contributed by atoms with Crippen molar-refractivity contribution >= 4 is 23.6 Å². The Morgan fingerprint density at radius 3 is 2.42 bits per heavy atom. The lowest BCUT2D eigenvalue weighted by Crippen LogP contribution is -2.31. The van der Waals surface area contributed by atoms with Gasteiger partial charge in [-0.2, -0.15) is 0 Å². The van der Waals surface area contributed by atoms with Crippen molar-refractivity contribution in [3.05, 3.63) is 29.3 Å². The third-order valence-corrected chi connectivity index (χ3v) is 3.90. The largest absolute Gasteiger partial charge is 0.478 e. The van der Waals surface area contributed by atoms with E-state index in [1.165, 1.54) is 11.8 Å². The Morgan fingerprint density at radius 2 is 1.89 bits per heavy atom. The minimum Gasteiger partial charge on any atom is -0.478 e. The van der Waals surface area contributed by atoms with Gasteiger partial charge >= 0.3 is 5.97 Å². The van der Waals surface area contributed by atoms with Crippen molar-refractivity contribution in [2.45, 2.75) is 25.7 Å². The molecule has 0 bridgehead atoms. The van der Waals surface area contributed by atoms with Crippen LogP contribution >= 0.6 is 11.8 Å². The second-order valence-electron chi connectivity index (χ2n) is 4.14. The highest BCUT2D eigenvalue weighted by atomic mass is 32.2. The third kappa shape index (κ3) is 4.28. The number of thioether (sulfide) groups is 1. The number of carbonyl (C=O) groups is 2. The summed E-state index contributed by atoms with van der Waals surface area (Å²) in [6.45, 7) is 7.05. The van der Waals surface area contributed by atoms with E-state index in [1.807, 2.05) is 19.9 Å². The van der Waals surface area contributed by atoms with Crippen LogP contribution in [0.1, 0.15) is 29.8 Å². The number of carboxylic acid groups (broad SMARTS) is 1. The fourth-order valence-corrected chi connectivity index (χ4v) is 2.57. The topological polar surface area (TPSA) is 57.6 Å². The van der Waals surface area contributed by atoms with Crippen LogP contribution in [0, 0.1) is 6.92 Å². The Kier molecular flexibility index (Phi) is 5.89. The predicted molar refractivity (Wildman–Crippen MR) is 76.8 cm³/mol. The van der Waals surface area contributed by atoms with Crippen LogP contribution < -0.4 is 0 Å². The lowest BCUT2D eigenvalue weighted by molar-refractivity contribution is -0.127. The lowest BCUT2D eigenvalue weighted by Gasteiger charge is -2.18. The van der Waals surface area contributed by atoms with Gasteiger partial charge in [0.25, 0.3) is 0 Å². The number of hydrogen-bond acceptors (Lipinski definition) is 3. The van der Waals surface area contributed by atoms with Crippen LogP contribution in [0.15, 0.2) is 23.1 Å². The van der Waals surface area contributed by atoms with E-state index < -0.39 is 5.97 Å². The van der Waals surface area contributed by atoms with Gasteiger partial charge in [0.05, 0.1) is 11.3 Å².